The summed E-state index contributed by atoms with van der Waals surface area (Å²) in [6.07, 6.45) is 5.32. The highest BCUT2D eigenvalue weighted by Gasteiger charge is 2.13. The average molecular weight is 369 g/mol. The van der Waals surface area contributed by atoms with Gasteiger partial charge in [-0.25, -0.2) is 19.9 Å². The molecule has 100 valence electrons. The molecule has 0 atom stereocenters. The second kappa shape index (κ2) is 6.74. The van der Waals surface area contributed by atoms with Crippen LogP contribution >= 0.6 is 22.6 Å². The third kappa shape index (κ3) is 3.37. The fourth-order valence-corrected chi connectivity index (χ4v) is 2.42. The molecule has 0 radical (unpaired) electrons. The molecule has 0 unspecified atom stereocenters. The third-order valence-corrected chi connectivity index (χ3v) is 3.70. The van der Waals surface area contributed by atoms with Crippen molar-refractivity contribution in [1.82, 2.24) is 19.9 Å². The van der Waals surface area contributed by atoms with Gasteiger partial charge in [-0.05, 0) is 41.5 Å². The molecule has 19 heavy (non-hydrogen) atoms. The molecule has 0 bridgehead atoms. The molecule has 5 nitrogen and oxygen atoms in total. The van der Waals surface area contributed by atoms with Crippen molar-refractivity contribution < 1.29 is 0 Å². The normalized spacial score (nSPS) is 10.5. The summed E-state index contributed by atoms with van der Waals surface area (Å²) in [5.41, 5.74) is 1.02. The van der Waals surface area contributed by atoms with Crippen LogP contribution in [-0.4, -0.2) is 26.5 Å². The van der Waals surface area contributed by atoms with Gasteiger partial charge in [-0.15, -0.1) is 0 Å². The number of hydrogen-bond donors (Lipinski definition) is 1. The molecule has 0 aliphatic carbocycles. The summed E-state index contributed by atoms with van der Waals surface area (Å²) < 4.78 is 1.08. The standard InChI is InChI=1S/C13H16IN5/c1-3-6-15-11-10(14)9(4-2)18-13(19-11)12-16-7-5-8-17-12/h5,7-8H,3-4,6H2,1-2H3,(H,15,18,19). The van der Waals surface area contributed by atoms with E-state index < -0.39 is 0 Å². The number of anilines is 1. The molecule has 0 aromatic carbocycles. The minimum Gasteiger partial charge on any atom is -0.369 e. The van der Waals surface area contributed by atoms with Crippen LogP contribution in [0.2, 0.25) is 0 Å². The summed E-state index contributed by atoms with van der Waals surface area (Å²) in [6.45, 7) is 5.11. The maximum absolute atomic E-state index is 4.55. The predicted molar refractivity (Wildman–Crippen MR) is 83.9 cm³/mol. The average Bonchev–Trinajstić information content (AvgIpc) is 2.47. The van der Waals surface area contributed by atoms with Gasteiger partial charge in [0.1, 0.15) is 5.82 Å². The molecule has 0 aliphatic heterocycles. The lowest BCUT2D eigenvalue weighted by molar-refractivity contribution is 0.935. The Morgan fingerprint density at radius 2 is 1.84 bits per heavy atom. The maximum Gasteiger partial charge on any atom is 0.200 e. The van der Waals surface area contributed by atoms with Crippen molar-refractivity contribution in [3.63, 3.8) is 0 Å². The molecule has 0 saturated heterocycles. The molecule has 1 N–H and O–H groups in total. The molecule has 2 aromatic heterocycles. The zero-order valence-corrected chi connectivity index (χ0v) is 13.2. The molecule has 2 rings (SSSR count). The van der Waals surface area contributed by atoms with E-state index in [-0.39, 0.29) is 0 Å². The van der Waals surface area contributed by atoms with Gasteiger partial charge in [-0.3, -0.25) is 0 Å². The summed E-state index contributed by atoms with van der Waals surface area (Å²) in [5, 5.41) is 3.33. The maximum atomic E-state index is 4.55. The molecule has 0 fully saturated rings. The van der Waals surface area contributed by atoms with Crippen LogP contribution in [-0.2, 0) is 6.42 Å². The van der Waals surface area contributed by atoms with Crippen molar-refractivity contribution in [2.45, 2.75) is 26.7 Å². The lowest BCUT2D eigenvalue weighted by Crippen LogP contribution is -2.09. The Morgan fingerprint density at radius 1 is 1.11 bits per heavy atom. The first-order valence-electron chi connectivity index (χ1n) is 6.34. The van der Waals surface area contributed by atoms with Gasteiger partial charge >= 0.3 is 0 Å². The first kappa shape index (κ1) is 14.1. The SMILES string of the molecule is CCCNc1nc(-c2ncccn2)nc(CC)c1I. The fourth-order valence-electron chi connectivity index (χ4n) is 1.60. The Hall–Kier alpha value is -1.31. The van der Waals surface area contributed by atoms with Crippen LogP contribution in [0, 0.1) is 3.57 Å². The lowest BCUT2D eigenvalue weighted by atomic mass is 10.3. The van der Waals surface area contributed by atoms with Crippen LogP contribution in [0.5, 0.6) is 0 Å². The molecule has 0 amide bonds. The molecular formula is C13H16IN5. The number of nitrogens with one attached hydrogen (secondary N) is 1. The molecule has 2 aromatic rings. The number of halogens is 1. The smallest absolute Gasteiger partial charge is 0.200 e. The molecule has 0 aliphatic rings. The monoisotopic (exact) mass is 369 g/mol. The highest BCUT2D eigenvalue weighted by molar-refractivity contribution is 14.1. The number of rotatable bonds is 5. The predicted octanol–water partition coefficient (Wildman–Crippen LogP) is 2.92. The van der Waals surface area contributed by atoms with Crippen molar-refractivity contribution in [2.24, 2.45) is 0 Å². The van der Waals surface area contributed by atoms with Gasteiger partial charge < -0.3 is 5.32 Å². The lowest BCUT2D eigenvalue weighted by Gasteiger charge is -2.11. The molecular weight excluding hydrogens is 353 g/mol. The summed E-state index contributed by atoms with van der Waals surface area (Å²) in [4.78, 5) is 17.5. The Bertz CT molecular complexity index is 544. The van der Waals surface area contributed by atoms with Crippen molar-refractivity contribution in [1.29, 1.82) is 0 Å². The van der Waals surface area contributed by atoms with E-state index in [0.717, 1.165) is 34.5 Å². The second-order valence-corrected chi connectivity index (χ2v) is 5.09. The van der Waals surface area contributed by atoms with Crippen LogP contribution in [0.4, 0.5) is 5.82 Å². The van der Waals surface area contributed by atoms with Gasteiger partial charge in [0.2, 0.25) is 0 Å². The topological polar surface area (TPSA) is 63.6 Å². The van der Waals surface area contributed by atoms with Gasteiger partial charge in [0.15, 0.2) is 11.6 Å². The van der Waals surface area contributed by atoms with Crippen molar-refractivity contribution >= 4 is 28.4 Å². The minimum absolute atomic E-state index is 0.563. The molecule has 0 spiro atoms. The molecule has 0 saturated carbocycles. The van der Waals surface area contributed by atoms with Crippen LogP contribution < -0.4 is 5.32 Å². The van der Waals surface area contributed by atoms with Crippen LogP contribution in [0.25, 0.3) is 11.6 Å². The van der Waals surface area contributed by atoms with E-state index >= 15 is 0 Å². The fraction of sp³-hybridized carbons (Fsp3) is 0.385. The molecule has 2 heterocycles. The number of hydrogen-bond acceptors (Lipinski definition) is 5. The molecule has 6 heteroatoms. The zero-order valence-electron chi connectivity index (χ0n) is 11.0. The zero-order chi connectivity index (χ0) is 13.7. The Morgan fingerprint density at radius 3 is 2.47 bits per heavy atom. The second-order valence-electron chi connectivity index (χ2n) is 4.01. The van der Waals surface area contributed by atoms with E-state index in [0.29, 0.717) is 11.6 Å². The Kier molecular flexibility index (Phi) is 5.00. The minimum atomic E-state index is 0.563. The Balaban J connectivity index is 2.45. The number of aryl methyl sites for hydroxylation is 1. The number of aromatic nitrogens is 4. The van der Waals surface area contributed by atoms with Gasteiger partial charge in [-0.2, -0.15) is 0 Å². The van der Waals surface area contributed by atoms with Crippen molar-refractivity contribution in [3.8, 4) is 11.6 Å². The van der Waals surface area contributed by atoms with Crippen LogP contribution in [0.1, 0.15) is 26.0 Å². The summed E-state index contributed by atoms with van der Waals surface area (Å²) in [7, 11) is 0. The van der Waals surface area contributed by atoms with E-state index in [2.05, 4.69) is 61.7 Å². The van der Waals surface area contributed by atoms with Gasteiger partial charge in [-0.1, -0.05) is 13.8 Å². The highest BCUT2D eigenvalue weighted by Crippen LogP contribution is 2.22. The Labute approximate surface area is 126 Å². The largest absolute Gasteiger partial charge is 0.369 e. The van der Waals surface area contributed by atoms with Crippen molar-refractivity contribution in [3.05, 3.63) is 27.7 Å². The van der Waals surface area contributed by atoms with E-state index in [1.54, 1.807) is 18.5 Å². The van der Waals surface area contributed by atoms with Crippen LogP contribution in [0.3, 0.4) is 0 Å². The van der Waals surface area contributed by atoms with Gasteiger partial charge in [0.05, 0.1) is 9.26 Å². The summed E-state index contributed by atoms with van der Waals surface area (Å²) in [6, 6.07) is 1.78. The van der Waals surface area contributed by atoms with Gasteiger partial charge in [0.25, 0.3) is 0 Å². The first-order chi connectivity index (χ1) is 9.26. The number of nitrogens with zero attached hydrogens (tertiary/aromatic N) is 4. The first-order valence-corrected chi connectivity index (χ1v) is 7.41. The van der Waals surface area contributed by atoms with E-state index in [4.69, 9.17) is 0 Å². The third-order valence-electron chi connectivity index (χ3n) is 2.56. The van der Waals surface area contributed by atoms with E-state index in [1.807, 2.05) is 0 Å². The summed E-state index contributed by atoms with van der Waals surface area (Å²) >= 11 is 2.29. The van der Waals surface area contributed by atoms with Gasteiger partial charge in [0, 0.05) is 18.9 Å². The highest BCUT2D eigenvalue weighted by atomic mass is 127. The quantitative estimate of drug-likeness (QED) is 0.822. The van der Waals surface area contributed by atoms with Crippen LogP contribution in [0.15, 0.2) is 18.5 Å². The van der Waals surface area contributed by atoms with Crippen molar-refractivity contribution in [2.75, 3.05) is 11.9 Å². The van der Waals surface area contributed by atoms with E-state index in [9.17, 15) is 0 Å². The van der Waals surface area contributed by atoms with E-state index in [1.165, 1.54) is 0 Å². The summed E-state index contributed by atoms with van der Waals surface area (Å²) in [5.74, 6) is 2.02.